The number of carbonyl (C=O) groups is 1. The van der Waals surface area contributed by atoms with Crippen molar-refractivity contribution in [2.24, 2.45) is 16.7 Å². The second kappa shape index (κ2) is 5.05. The van der Waals surface area contributed by atoms with E-state index in [-0.39, 0.29) is 23.3 Å². The van der Waals surface area contributed by atoms with Gasteiger partial charge >= 0.3 is 5.50 Å². The molecule has 0 radical (unpaired) electrons. The van der Waals surface area contributed by atoms with Crippen molar-refractivity contribution in [3.8, 4) is 0 Å². The average Bonchev–Trinajstić information content (AvgIpc) is 2.73. The fraction of sp³-hybridized carbons (Fsp3) is 0.692. The van der Waals surface area contributed by atoms with Crippen molar-refractivity contribution < 1.29 is 14.0 Å². The highest BCUT2D eigenvalue weighted by Gasteiger charge is 2.64. The van der Waals surface area contributed by atoms with E-state index >= 15 is 0 Å². The molecule has 2 atom stereocenters. The highest BCUT2D eigenvalue weighted by molar-refractivity contribution is 7.97. The van der Waals surface area contributed by atoms with Gasteiger partial charge < -0.3 is 9.69 Å². The highest BCUT2D eigenvalue weighted by Crippen LogP contribution is 2.63. The zero-order chi connectivity index (χ0) is 14.1. The van der Waals surface area contributed by atoms with E-state index in [1.165, 1.54) is 0 Å². The van der Waals surface area contributed by atoms with Gasteiger partial charge in [0.25, 0.3) is 0 Å². The Balaban J connectivity index is 1.91. The van der Waals surface area contributed by atoms with Gasteiger partial charge in [-0.05, 0) is 24.2 Å². The number of carbonyl (C=O) groups excluding carboxylic acids is 1. The van der Waals surface area contributed by atoms with Crippen LogP contribution in [0.2, 0.25) is 0 Å². The third-order valence-corrected chi connectivity index (χ3v) is 5.29. The zero-order valence-corrected chi connectivity index (χ0v) is 11.7. The number of hydrogen-bond donors (Lipinski definition) is 0. The Kier molecular flexibility index (Phi) is 3.78. The Labute approximate surface area is 117 Å². The lowest BCUT2D eigenvalue weighted by molar-refractivity contribution is -0.221. The molecule has 6 heteroatoms. The molecular formula is C13H15N2O3S-. The minimum Gasteiger partial charge on any atom is -0.365 e. The van der Waals surface area contributed by atoms with Crippen LogP contribution >= 0.6 is 12.0 Å². The first-order valence-electron chi connectivity index (χ1n) is 6.09. The van der Waals surface area contributed by atoms with Crippen LogP contribution in [0.15, 0.2) is 0 Å². The van der Waals surface area contributed by atoms with E-state index in [2.05, 4.69) is 23.5 Å². The van der Waals surface area contributed by atoms with Crippen LogP contribution in [0.4, 0.5) is 0 Å². The molecule has 2 aliphatic carbocycles. The first-order chi connectivity index (χ1) is 8.98. The molecule has 5 nitrogen and oxygen atoms in total. The molecule has 0 N–H and O–H groups in total. The summed E-state index contributed by atoms with van der Waals surface area (Å²) in [5.74, 6) is 0.687. The van der Waals surface area contributed by atoms with E-state index in [4.69, 9.17) is 22.4 Å². The SMILES string of the molecule is [C-]#[N+][C-]([N+]#[C-])SOOCC12CCC(CC1=O)C2(C)C. The number of Topliss-reactive ketones (excluding diaryl/α,β-unsaturated/α-hetero) is 1. The molecule has 2 aliphatic rings. The Bertz CT molecular complexity index is 451. The fourth-order valence-electron chi connectivity index (χ4n) is 3.35. The maximum Gasteiger partial charge on any atom is 0.393 e. The summed E-state index contributed by atoms with van der Waals surface area (Å²) in [6, 6.07) is 0. The molecule has 2 rings (SSSR count). The summed E-state index contributed by atoms with van der Waals surface area (Å²) in [5.41, 5.74) is -0.683. The summed E-state index contributed by atoms with van der Waals surface area (Å²) in [7, 11) is 0. The second-order valence-corrected chi connectivity index (χ2v) is 6.25. The monoisotopic (exact) mass is 279 g/mol. The van der Waals surface area contributed by atoms with Crippen molar-refractivity contribution in [1.29, 1.82) is 0 Å². The molecule has 0 aromatic heterocycles. The third-order valence-electron chi connectivity index (χ3n) is 4.79. The molecule has 0 amide bonds. The van der Waals surface area contributed by atoms with Crippen molar-refractivity contribution >= 4 is 17.8 Å². The summed E-state index contributed by atoms with van der Waals surface area (Å²) in [6.45, 7) is 17.8. The number of nitrogens with zero attached hydrogens (tertiary/aromatic N) is 2. The van der Waals surface area contributed by atoms with Crippen molar-refractivity contribution in [1.82, 2.24) is 0 Å². The third kappa shape index (κ3) is 2.10. The standard InChI is InChI=1S/C13H15N2O3S/c1-12(2)9-5-6-13(12,10(16)7-9)8-17-18-19-11(14-3)15-4/h9H,5-8H2,1-2H3/q-1. The molecule has 0 saturated heterocycles. The average molecular weight is 279 g/mol. The van der Waals surface area contributed by atoms with Gasteiger partial charge in [0.15, 0.2) is 0 Å². The molecule has 0 aromatic rings. The van der Waals surface area contributed by atoms with Crippen molar-refractivity contribution in [3.63, 3.8) is 0 Å². The van der Waals surface area contributed by atoms with Gasteiger partial charge in [0.05, 0.1) is 12.0 Å². The van der Waals surface area contributed by atoms with Crippen LogP contribution in [0.3, 0.4) is 0 Å². The van der Waals surface area contributed by atoms with Crippen LogP contribution in [0, 0.1) is 35.4 Å². The molecule has 0 heterocycles. The predicted molar refractivity (Wildman–Crippen MR) is 69.6 cm³/mol. The normalized spacial score (nSPS) is 30.9. The van der Waals surface area contributed by atoms with Crippen molar-refractivity contribution in [2.45, 2.75) is 33.1 Å². The lowest BCUT2D eigenvalue weighted by Crippen LogP contribution is -2.40. The predicted octanol–water partition coefficient (Wildman–Crippen LogP) is 3.26. The number of rotatable bonds is 5. The van der Waals surface area contributed by atoms with E-state index < -0.39 is 5.41 Å². The van der Waals surface area contributed by atoms with E-state index in [0.29, 0.717) is 24.4 Å². The Hall–Kier alpha value is -1.21. The Morgan fingerprint density at radius 1 is 1.47 bits per heavy atom. The molecule has 19 heavy (non-hydrogen) atoms. The highest BCUT2D eigenvalue weighted by atomic mass is 32.2. The van der Waals surface area contributed by atoms with Crippen molar-refractivity contribution in [2.75, 3.05) is 6.61 Å². The van der Waals surface area contributed by atoms with E-state index in [9.17, 15) is 4.79 Å². The zero-order valence-electron chi connectivity index (χ0n) is 10.9. The van der Waals surface area contributed by atoms with Crippen LogP contribution in [-0.2, 0) is 14.0 Å². The lowest BCUT2D eigenvalue weighted by atomic mass is 9.69. The number of hydrogen-bond acceptors (Lipinski definition) is 4. The van der Waals surface area contributed by atoms with Gasteiger partial charge in [-0.1, -0.05) is 13.8 Å². The van der Waals surface area contributed by atoms with Gasteiger partial charge in [-0.25, -0.2) is 4.89 Å². The van der Waals surface area contributed by atoms with Crippen molar-refractivity contribution in [3.05, 3.63) is 28.3 Å². The quantitative estimate of drug-likeness (QED) is 0.255. The van der Waals surface area contributed by atoms with Crippen LogP contribution in [0.25, 0.3) is 9.69 Å². The van der Waals surface area contributed by atoms with Gasteiger partial charge in [-0.15, -0.1) is 0 Å². The number of fused-ring (bicyclic) bond motifs is 2. The first-order valence-corrected chi connectivity index (χ1v) is 6.83. The summed E-state index contributed by atoms with van der Waals surface area (Å²) in [5, 5.41) is 0. The maximum absolute atomic E-state index is 12.2. The smallest absolute Gasteiger partial charge is 0.365 e. The summed E-state index contributed by atoms with van der Waals surface area (Å²) >= 11 is 0.604. The molecule has 102 valence electrons. The molecule has 2 saturated carbocycles. The largest absolute Gasteiger partial charge is 0.393 e. The Morgan fingerprint density at radius 2 is 2.16 bits per heavy atom. The summed E-state index contributed by atoms with van der Waals surface area (Å²) in [4.78, 5) is 23.2. The fourth-order valence-corrected chi connectivity index (χ4v) is 3.58. The molecule has 0 aromatic carbocycles. The van der Waals surface area contributed by atoms with Gasteiger partial charge in [-0.3, -0.25) is 17.9 Å². The second-order valence-electron chi connectivity index (χ2n) is 5.59. The molecule has 2 unspecified atom stereocenters. The van der Waals surface area contributed by atoms with Gasteiger partial charge in [0.2, 0.25) is 0 Å². The molecule has 0 aliphatic heterocycles. The molecular weight excluding hydrogens is 264 g/mol. The first kappa shape index (κ1) is 14.2. The van der Waals surface area contributed by atoms with E-state index in [1.807, 2.05) is 0 Å². The maximum atomic E-state index is 12.2. The summed E-state index contributed by atoms with van der Waals surface area (Å²) < 4.78 is 4.83. The lowest BCUT2D eigenvalue weighted by Gasteiger charge is -2.35. The Morgan fingerprint density at radius 3 is 2.63 bits per heavy atom. The van der Waals surface area contributed by atoms with Crippen LogP contribution in [0.1, 0.15) is 33.1 Å². The van der Waals surface area contributed by atoms with Crippen LogP contribution in [0.5, 0.6) is 0 Å². The summed E-state index contributed by atoms with van der Waals surface area (Å²) in [6.07, 6.45) is 2.52. The van der Waals surface area contributed by atoms with Gasteiger partial charge in [0, 0.05) is 18.5 Å². The van der Waals surface area contributed by atoms with E-state index in [0.717, 1.165) is 12.8 Å². The minimum absolute atomic E-state index is 0.0652. The number of ketones is 1. The minimum atomic E-state index is -0.464. The molecule has 2 fully saturated rings. The topological polar surface area (TPSA) is 44.2 Å². The van der Waals surface area contributed by atoms with Gasteiger partial charge in [-0.2, -0.15) is 4.33 Å². The van der Waals surface area contributed by atoms with Crippen LogP contribution < -0.4 is 0 Å². The van der Waals surface area contributed by atoms with Crippen LogP contribution in [-0.4, -0.2) is 12.4 Å². The molecule has 0 spiro atoms. The molecule has 2 bridgehead atoms. The van der Waals surface area contributed by atoms with E-state index in [1.54, 1.807) is 0 Å². The van der Waals surface area contributed by atoms with Gasteiger partial charge in [0.1, 0.15) is 5.78 Å².